The Morgan fingerprint density at radius 1 is 0.516 bits per heavy atom. The van der Waals surface area contributed by atoms with E-state index >= 15 is 0 Å². The molecule has 0 aliphatic heterocycles. The molecule has 0 N–H and O–H groups in total. The highest BCUT2D eigenvalue weighted by molar-refractivity contribution is 5.87. The fourth-order valence-corrected chi connectivity index (χ4v) is 4.71. The van der Waals surface area contributed by atoms with Gasteiger partial charge in [0.05, 0.1) is 11.5 Å². The lowest BCUT2D eigenvalue weighted by Crippen LogP contribution is -2.30. The molecule has 5 aromatic rings. The molecule has 5 aromatic carbocycles. The molecule has 0 aliphatic carbocycles. The van der Waals surface area contributed by atoms with Crippen LogP contribution in [-0.4, -0.2) is 0 Å². The Morgan fingerprint density at radius 2 is 0.968 bits per heavy atom. The molecule has 0 fully saturated rings. The van der Waals surface area contributed by atoms with Crippen molar-refractivity contribution in [1.29, 1.82) is 5.26 Å². The normalized spacial score (nSPS) is 11.5. The summed E-state index contributed by atoms with van der Waals surface area (Å²) in [5.41, 5.74) is 2.83. The van der Waals surface area contributed by atoms with Gasteiger partial charge in [-0.1, -0.05) is 115 Å². The average molecular weight is 398 g/mol. The van der Waals surface area contributed by atoms with Crippen LogP contribution in [-0.2, 0) is 18.3 Å². The van der Waals surface area contributed by atoms with Crippen LogP contribution in [0.25, 0.3) is 21.5 Å². The van der Waals surface area contributed by atoms with Crippen molar-refractivity contribution in [3.05, 3.63) is 132 Å². The molecular formula is C30H23N. The standard InChI is InChI=1S/C30H23N/c31-22-30(27-16-2-1-3-17-27,20-25-14-8-12-23-10-4-6-18-28(23)25)21-26-15-9-13-24-11-5-7-19-29(24)26/h1-19H,20-21H2. The molecule has 5 rings (SSSR count). The summed E-state index contributed by atoms with van der Waals surface area (Å²) in [6, 6.07) is 42.7. The summed E-state index contributed by atoms with van der Waals surface area (Å²) in [6.45, 7) is 0. The van der Waals surface area contributed by atoms with E-state index in [-0.39, 0.29) is 0 Å². The summed E-state index contributed by atoms with van der Waals surface area (Å²) in [7, 11) is 0. The van der Waals surface area contributed by atoms with E-state index in [0.717, 1.165) is 5.56 Å². The molecule has 0 unspecified atom stereocenters. The minimum Gasteiger partial charge on any atom is -0.197 e. The van der Waals surface area contributed by atoms with Gasteiger partial charge in [-0.25, -0.2) is 0 Å². The molecule has 1 heteroatoms. The first-order valence-corrected chi connectivity index (χ1v) is 10.7. The second-order valence-corrected chi connectivity index (χ2v) is 8.19. The van der Waals surface area contributed by atoms with E-state index in [4.69, 9.17) is 0 Å². The second-order valence-electron chi connectivity index (χ2n) is 8.19. The van der Waals surface area contributed by atoms with Gasteiger partial charge in [0.2, 0.25) is 0 Å². The Balaban J connectivity index is 1.68. The summed E-state index contributed by atoms with van der Waals surface area (Å²) in [6.07, 6.45) is 1.33. The van der Waals surface area contributed by atoms with Gasteiger partial charge in [0.1, 0.15) is 0 Å². The van der Waals surface area contributed by atoms with E-state index in [2.05, 4.69) is 103 Å². The average Bonchev–Trinajstić information content (AvgIpc) is 2.84. The van der Waals surface area contributed by atoms with Crippen LogP contribution in [0.1, 0.15) is 16.7 Å². The number of rotatable bonds is 5. The predicted octanol–water partition coefficient (Wildman–Crippen LogP) is 7.24. The largest absolute Gasteiger partial charge is 0.197 e. The van der Waals surface area contributed by atoms with Gasteiger partial charge < -0.3 is 0 Å². The quantitative estimate of drug-likeness (QED) is 0.307. The first kappa shape index (κ1) is 19.1. The van der Waals surface area contributed by atoms with Crippen molar-refractivity contribution in [1.82, 2.24) is 0 Å². The summed E-state index contributed by atoms with van der Waals surface area (Å²) >= 11 is 0. The van der Waals surface area contributed by atoms with E-state index < -0.39 is 5.41 Å². The molecule has 0 saturated heterocycles. The zero-order valence-electron chi connectivity index (χ0n) is 17.3. The van der Waals surface area contributed by atoms with Crippen molar-refractivity contribution in [2.24, 2.45) is 0 Å². The van der Waals surface area contributed by atoms with Crippen molar-refractivity contribution in [2.75, 3.05) is 0 Å². The van der Waals surface area contributed by atoms with Gasteiger partial charge in [0.25, 0.3) is 0 Å². The smallest absolute Gasteiger partial charge is 0.0903 e. The molecular weight excluding hydrogens is 374 g/mol. The zero-order valence-corrected chi connectivity index (χ0v) is 17.3. The van der Waals surface area contributed by atoms with Crippen LogP contribution >= 0.6 is 0 Å². The van der Waals surface area contributed by atoms with Crippen LogP contribution in [0, 0.1) is 11.3 Å². The van der Waals surface area contributed by atoms with Gasteiger partial charge in [-0.05, 0) is 51.1 Å². The van der Waals surface area contributed by atoms with Crippen molar-refractivity contribution < 1.29 is 0 Å². The Hall–Kier alpha value is -3.89. The van der Waals surface area contributed by atoms with E-state index in [1.807, 2.05) is 18.2 Å². The summed E-state index contributed by atoms with van der Waals surface area (Å²) in [5, 5.41) is 15.5. The molecule has 31 heavy (non-hydrogen) atoms. The lowest BCUT2D eigenvalue weighted by Gasteiger charge is -2.29. The maximum atomic E-state index is 10.6. The second kappa shape index (κ2) is 8.09. The van der Waals surface area contributed by atoms with Gasteiger partial charge in [-0.2, -0.15) is 5.26 Å². The van der Waals surface area contributed by atoms with Crippen molar-refractivity contribution >= 4 is 21.5 Å². The van der Waals surface area contributed by atoms with E-state index in [9.17, 15) is 5.26 Å². The number of benzene rings is 5. The fraction of sp³-hybridized carbons (Fsp3) is 0.100. The van der Waals surface area contributed by atoms with Gasteiger partial charge >= 0.3 is 0 Å². The monoisotopic (exact) mass is 397 g/mol. The van der Waals surface area contributed by atoms with Crippen LogP contribution < -0.4 is 0 Å². The molecule has 148 valence electrons. The molecule has 0 aromatic heterocycles. The van der Waals surface area contributed by atoms with Crippen molar-refractivity contribution in [3.63, 3.8) is 0 Å². The zero-order chi connectivity index (χ0) is 21.1. The first-order chi connectivity index (χ1) is 15.3. The van der Waals surface area contributed by atoms with Gasteiger partial charge in [0, 0.05) is 0 Å². The maximum absolute atomic E-state index is 10.6. The van der Waals surface area contributed by atoms with Gasteiger partial charge in [0.15, 0.2) is 0 Å². The fourth-order valence-electron chi connectivity index (χ4n) is 4.71. The summed E-state index contributed by atoms with van der Waals surface area (Å²) in [4.78, 5) is 0. The van der Waals surface area contributed by atoms with Crippen molar-refractivity contribution in [2.45, 2.75) is 18.3 Å². The van der Waals surface area contributed by atoms with E-state index in [1.165, 1.54) is 32.7 Å². The molecule has 0 aliphatic rings. The minimum atomic E-state index is -0.657. The molecule has 0 bridgehead atoms. The highest BCUT2D eigenvalue weighted by Crippen LogP contribution is 2.36. The van der Waals surface area contributed by atoms with Crippen LogP contribution in [0.5, 0.6) is 0 Å². The molecule has 0 radical (unpaired) electrons. The predicted molar refractivity (Wildman–Crippen MR) is 129 cm³/mol. The molecule has 1 nitrogen and oxygen atoms in total. The van der Waals surface area contributed by atoms with Crippen LogP contribution in [0.4, 0.5) is 0 Å². The minimum absolute atomic E-state index is 0.657. The first-order valence-electron chi connectivity index (χ1n) is 10.7. The molecule has 0 heterocycles. The number of nitrogens with zero attached hydrogens (tertiary/aromatic N) is 1. The third-order valence-electron chi connectivity index (χ3n) is 6.28. The van der Waals surface area contributed by atoms with Gasteiger partial charge in [-0.3, -0.25) is 0 Å². The van der Waals surface area contributed by atoms with Crippen LogP contribution in [0.3, 0.4) is 0 Å². The molecule has 0 spiro atoms. The maximum Gasteiger partial charge on any atom is 0.0903 e. The Labute approximate surface area is 183 Å². The number of fused-ring (bicyclic) bond motifs is 2. The number of nitriles is 1. The molecule has 0 atom stereocenters. The summed E-state index contributed by atoms with van der Waals surface area (Å²) < 4.78 is 0. The lowest BCUT2D eigenvalue weighted by molar-refractivity contribution is 0.545. The SMILES string of the molecule is N#CC(Cc1cccc2ccccc12)(Cc1cccc2ccccc12)c1ccccc1. The van der Waals surface area contributed by atoms with E-state index in [0.29, 0.717) is 12.8 Å². The molecule has 0 amide bonds. The van der Waals surface area contributed by atoms with E-state index in [1.54, 1.807) is 0 Å². The topological polar surface area (TPSA) is 23.8 Å². The third kappa shape index (κ3) is 3.58. The highest BCUT2D eigenvalue weighted by Gasteiger charge is 2.34. The lowest BCUT2D eigenvalue weighted by atomic mass is 9.71. The summed E-state index contributed by atoms with van der Waals surface area (Å²) in [5.74, 6) is 0. The third-order valence-corrected chi connectivity index (χ3v) is 6.28. The number of hydrogen-bond donors (Lipinski definition) is 0. The number of hydrogen-bond acceptors (Lipinski definition) is 1. The van der Waals surface area contributed by atoms with Crippen LogP contribution in [0.15, 0.2) is 115 Å². The highest BCUT2D eigenvalue weighted by atomic mass is 14.4. The van der Waals surface area contributed by atoms with Crippen molar-refractivity contribution in [3.8, 4) is 6.07 Å². The Morgan fingerprint density at radius 3 is 1.48 bits per heavy atom. The Bertz CT molecular complexity index is 1300. The van der Waals surface area contributed by atoms with Crippen LogP contribution in [0.2, 0.25) is 0 Å². The molecule has 0 saturated carbocycles. The Kier molecular flexibility index (Phi) is 4.98. The van der Waals surface area contributed by atoms with Gasteiger partial charge in [-0.15, -0.1) is 0 Å².